The van der Waals surface area contributed by atoms with Crippen molar-refractivity contribution in [3.05, 3.63) is 29.8 Å². The Morgan fingerprint density at radius 3 is 2.50 bits per heavy atom. The van der Waals surface area contributed by atoms with Crippen LogP contribution in [0.3, 0.4) is 0 Å². The van der Waals surface area contributed by atoms with E-state index in [1.54, 1.807) is 12.1 Å². The van der Waals surface area contributed by atoms with Gasteiger partial charge >= 0.3 is 6.18 Å². The first kappa shape index (κ1) is 16.6. The van der Waals surface area contributed by atoms with Crippen LogP contribution < -0.4 is 15.4 Å². The molecule has 7 heteroatoms. The monoisotopic (exact) mass is 316 g/mol. The van der Waals surface area contributed by atoms with Gasteiger partial charge in [-0.1, -0.05) is 19.1 Å². The van der Waals surface area contributed by atoms with E-state index in [2.05, 4.69) is 15.4 Å². The molecule has 1 unspecified atom stereocenters. The normalized spacial score (nSPS) is 16.7. The van der Waals surface area contributed by atoms with E-state index in [0.29, 0.717) is 12.5 Å². The third-order valence-corrected chi connectivity index (χ3v) is 3.73. The van der Waals surface area contributed by atoms with E-state index in [4.69, 9.17) is 0 Å². The minimum absolute atomic E-state index is 0.0103. The summed E-state index contributed by atoms with van der Waals surface area (Å²) in [7, 11) is 0. The number of ether oxygens (including phenoxy) is 1. The molecular formula is C15H19F3N2O2. The summed E-state index contributed by atoms with van der Waals surface area (Å²) in [4.78, 5) is 11.9. The fraction of sp³-hybridized carbons (Fsp3) is 0.533. The quantitative estimate of drug-likeness (QED) is 0.845. The Morgan fingerprint density at radius 2 is 2.00 bits per heavy atom. The Labute approximate surface area is 127 Å². The van der Waals surface area contributed by atoms with E-state index < -0.39 is 12.8 Å². The molecule has 1 aliphatic rings. The lowest BCUT2D eigenvalue weighted by Gasteiger charge is -2.31. The summed E-state index contributed by atoms with van der Waals surface area (Å²) in [5.74, 6) is 0.471. The molecule has 0 saturated carbocycles. The molecule has 1 aliphatic heterocycles. The first-order chi connectivity index (χ1) is 10.3. The summed E-state index contributed by atoms with van der Waals surface area (Å²) >= 11 is 0. The highest BCUT2D eigenvalue weighted by molar-refractivity contribution is 5.78. The fourth-order valence-corrected chi connectivity index (χ4v) is 2.10. The second-order valence-electron chi connectivity index (χ2n) is 5.47. The highest BCUT2D eigenvalue weighted by Gasteiger charge is 2.29. The lowest BCUT2D eigenvalue weighted by atomic mass is 9.88. The van der Waals surface area contributed by atoms with Crippen molar-refractivity contribution in [3.8, 4) is 5.75 Å². The number of benzene rings is 1. The van der Waals surface area contributed by atoms with Gasteiger partial charge in [0.05, 0.1) is 0 Å². The number of nitrogens with one attached hydrogen (secondary N) is 2. The van der Waals surface area contributed by atoms with E-state index in [-0.39, 0.29) is 17.6 Å². The molecule has 1 atom stereocenters. The molecule has 0 spiro atoms. The molecule has 4 nitrogen and oxygen atoms in total. The van der Waals surface area contributed by atoms with Crippen molar-refractivity contribution in [2.45, 2.75) is 19.6 Å². The molecule has 1 heterocycles. The molecule has 0 bridgehead atoms. The summed E-state index contributed by atoms with van der Waals surface area (Å²) in [6.07, 6.45) is -4.35. The van der Waals surface area contributed by atoms with Gasteiger partial charge in [0.15, 0.2) is 6.61 Å². The van der Waals surface area contributed by atoms with Gasteiger partial charge in [0.25, 0.3) is 0 Å². The average Bonchev–Trinajstić information content (AvgIpc) is 2.41. The number of hydrogen-bond acceptors (Lipinski definition) is 3. The van der Waals surface area contributed by atoms with Gasteiger partial charge in [0, 0.05) is 12.5 Å². The second-order valence-corrected chi connectivity index (χ2v) is 5.47. The van der Waals surface area contributed by atoms with Crippen molar-refractivity contribution >= 4 is 5.91 Å². The minimum Gasteiger partial charge on any atom is -0.484 e. The second kappa shape index (κ2) is 7.00. The van der Waals surface area contributed by atoms with Gasteiger partial charge in [0.2, 0.25) is 5.91 Å². The third-order valence-electron chi connectivity index (χ3n) is 3.73. The first-order valence-corrected chi connectivity index (χ1v) is 7.12. The first-order valence-electron chi connectivity index (χ1n) is 7.12. The van der Waals surface area contributed by atoms with Crippen LogP contribution >= 0.6 is 0 Å². The van der Waals surface area contributed by atoms with Crippen LogP contribution in [-0.2, 0) is 11.3 Å². The van der Waals surface area contributed by atoms with E-state index in [1.165, 1.54) is 12.1 Å². The van der Waals surface area contributed by atoms with Crippen LogP contribution in [0.2, 0.25) is 0 Å². The molecule has 22 heavy (non-hydrogen) atoms. The lowest BCUT2D eigenvalue weighted by Crippen LogP contribution is -2.49. The van der Waals surface area contributed by atoms with Crippen LogP contribution in [-0.4, -0.2) is 31.8 Å². The van der Waals surface area contributed by atoms with E-state index >= 15 is 0 Å². The molecule has 0 aliphatic carbocycles. The summed E-state index contributed by atoms with van der Waals surface area (Å²) in [6, 6.07) is 6.21. The van der Waals surface area contributed by atoms with Gasteiger partial charge in [-0.05, 0) is 36.7 Å². The van der Waals surface area contributed by atoms with E-state index in [9.17, 15) is 18.0 Å². The Kier molecular flexibility index (Phi) is 5.28. The maximum absolute atomic E-state index is 12.0. The third kappa shape index (κ3) is 4.91. The SMILES string of the molecule is CC(C(=O)NCc1ccc(OCC(F)(F)F)cc1)C1CNC1. The Balaban J connectivity index is 1.77. The zero-order valence-corrected chi connectivity index (χ0v) is 12.2. The maximum Gasteiger partial charge on any atom is 0.422 e. The number of alkyl halides is 3. The van der Waals surface area contributed by atoms with Gasteiger partial charge < -0.3 is 15.4 Å². The van der Waals surface area contributed by atoms with Crippen molar-refractivity contribution in [1.82, 2.24) is 10.6 Å². The zero-order valence-electron chi connectivity index (χ0n) is 12.2. The highest BCUT2D eigenvalue weighted by atomic mass is 19.4. The number of carbonyl (C=O) groups is 1. The highest BCUT2D eigenvalue weighted by Crippen LogP contribution is 2.19. The number of halogens is 3. The zero-order chi connectivity index (χ0) is 16.2. The van der Waals surface area contributed by atoms with Crippen molar-refractivity contribution in [3.63, 3.8) is 0 Å². The number of carbonyl (C=O) groups excluding carboxylic acids is 1. The Bertz CT molecular complexity index is 499. The van der Waals surface area contributed by atoms with Crippen LogP contribution in [0.15, 0.2) is 24.3 Å². The number of rotatable bonds is 6. The maximum atomic E-state index is 12.0. The predicted octanol–water partition coefficient (Wildman–Crippen LogP) is 2.10. The van der Waals surface area contributed by atoms with Crippen LogP contribution in [0.1, 0.15) is 12.5 Å². The largest absolute Gasteiger partial charge is 0.484 e. The van der Waals surface area contributed by atoms with Gasteiger partial charge in [0.1, 0.15) is 5.75 Å². The van der Waals surface area contributed by atoms with E-state index in [1.807, 2.05) is 6.92 Å². The minimum atomic E-state index is -4.35. The molecule has 0 radical (unpaired) electrons. The van der Waals surface area contributed by atoms with Crippen molar-refractivity contribution in [1.29, 1.82) is 0 Å². The molecule has 1 saturated heterocycles. The predicted molar refractivity (Wildman–Crippen MR) is 75.4 cm³/mol. The van der Waals surface area contributed by atoms with Gasteiger partial charge in [-0.2, -0.15) is 13.2 Å². The van der Waals surface area contributed by atoms with Gasteiger partial charge in [-0.25, -0.2) is 0 Å². The van der Waals surface area contributed by atoms with Gasteiger partial charge in [-0.3, -0.25) is 4.79 Å². The van der Waals surface area contributed by atoms with Crippen LogP contribution in [0.25, 0.3) is 0 Å². The average molecular weight is 316 g/mol. The van der Waals surface area contributed by atoms with Crippen molar-refractivity contribution < 1.29 is 22.7 Å². The molecule has 2 N–H and O–H groups in total. The molecule has 2 rings (SSSR count). The standard InChI is InChI=1S/C15H19F3N2O2/c1-10(12-7-19-8-12)14(21)20-6-11-2-4-13(5-3-11)22-9-15(16,17)18/h2-5,10,12,19H,6-9H2,1H3,(H,20,21). The molecule has 1 aromatic carbocycles. The number of hydrogen-bond donors (Lipinski definition) is 2. The van der Waals surface area contributed by atoms with Crippen LogP contribution in [0, 0.1) is 11.8 Å². The molecule has 122 valence electrons. The smallest absolute Gasteiger partial charge is 0.422 e. The van der Waals surface area contributed by atoms with Crippen molar-refractivity contribution in [2.75, 3.05) is 19.7 Å². The Morgan fingerprint density at radius 1 is 1.36 bits per heavy atom. The molecule has 1 amide bonds. The summed E-state index contributed by atoms with van der Waals surface area (Å²) < 4.78 is 40.7. The lowest BCUT2D eigenvalue weighted by molar-refractivity contribution is -0.153. The molecule has 0 aromatic heterocycles. The van der Waals surface area contributed by atoms with Crippen molar-refractivity contribution in [2.24, 2.45) is 11.8 Å². The molecule has 1 aromatic rings. The summed E-state index contributed by atoms with van der Waals surface area (Å²) in [6.45, 7) is 2.66. The topological polar surface area (TPSA) is 50.4 Å². The van der Waals surface area contributed by atoms with Gasteiger partial charge in [-0.15, -0.1) is 0 Å². The number of amides is 1. The Hall–Kier alpha value is -1.76. The summed E-state index contributed by atoms with van der Waals surface area (Å²) in [5, 5.41) is 5.96. The van der Waals surface area contributed by atoms with Crippen LogP contribution in [0.4, 0.5) is 13.2 Å². The molecular weight excluding hydrogens is 297 g/mol. The van der Waals surface area contributed by atoms with E-state index in [0.717, 1.165) is 18.7 Å². The summed E-state index contributed by atoms with van der Waals surface area (Å²) in [5.41, 5.74) is 0.812. The fourth-order valence-electron chi connectivity index (χ4n) is 2.10. The molecule has 1 fully saturated rings. The van der Waals surface area contributed by atoms with Crippen LogP contribution in [0.5, 0.6) is 5.75 Å².